The van der Waals surface area contributed by atoms with Gasteiger partial charge in [0.25, 0.3) is 0 Å². The second-order valence-electron chi connectivity index (χ2n) is 11.0. The van der Waals surface area contributed by atoms with Crippen LogP contribution in [0.3, 0.4) is 0 Å². The zero-order chi connectivity index (χ0) is 29.9. The van der Waals surface area contributed by atoms with Crippen molar-refractivity contribution in [2.45, 2.75) is 29.6 Å². The van der Waals surface area contributed by atoms with Gasteiger partial charge in [-0.15, -0.1) is 0 Å². The number of carboxylic acids is 1. The molecule has 0 aliphatic carbocycles. The molecular weight excluding hydrogens is 551 g/mol. The fraction of sp³-hybridized carbons (Fsp3) is 0.206. The molecule has 0 saturated carbocycles. The number of carbonyl (C=O) groups is 3. The van der Waals surface area contributed by atoms with Gasteiger partial charge in [0.05, 0.1) is 19.2 Å². The number of benzene rings is 4. The average Bonchev–Trinajstić information content (AvgIpc) is 3.49. The Bertz CT molecular complexity index is 1750. The van der Waals surface area contributed by atoms with Crippen LogP contribution < -0.4 is 10.1 Å². The summed E-state index contributed by atoms with van der Waals surface area (Å²) in [6.07, 6.45) is -0.817. The standard InChI is InChI=1S/C34H27FN2O6/c1-42-23-14-8-13-21(17-23)30-34(24-16-15-22(35)18-25(24)36-33(34)41)26(31(38)39)28-32(40)43-29(20-11-6-3-7-12-20)27(37(28)30)19-9-4-2-5-10-19/h2-18,26-30H,1H3,(H,36,41)(H,38,39)/t26-,27-,28-,29+,30+,34-/m0/s1. The third kappa shape index (κ3) is 3.88. The molecule has 1 amide bonds. The highest BCUT2D eigenvalue weighted by Gasteiger charge is 2.74. The lowest BCUT2D eigenvalue weighted by molar-refractivity contribution is -0.179. The Kier molecular flexibility index (Phi) is 6.28. The van der Waals surface area contributed by atoms with Crippen LogP contribution in [0.5, 0.6) is 5.75 Å². The number of hydrogen-bond donors (Lipinski definition) is 2. The first kappa shape index (κ1) is 26.9. The van der Waals surface area contributed by atoms with E-state index in [2.05, 4.69) is 5.32 Å². The van der Waals surface area contributed by atoms with Crippen LogP contribution in [0.2, 0.25) is 0 Å². The lowest BCUT2D eigenvalue weighted by atomic mass is 9.65. The van der Waals surface area contributed by atoms with E-state index in [1.165, 1.54) is 25.3 Å². The Morgan fingerprint density at radius 3 is 2.23 bits per heavy atom. The number of amides is 1. The normalized spacial score (nSPS) is 27.7. The molecule has 0 unspecified atom stereocenters. The number of esters is 1. The third-order valence-corrected chi connectivity index (χ3v) is 8.95. The second kappa shape index (κ2) is 10.1. The second-order valence-corrected chi connectivity index (χ2v) is 11.0. The molecular formula is C34H27FN2O6. The van der Waals surface area contributed by atoms with E-state index in [-0.39, 0.29) is 5.69 Å². The number of cyclic esters (lactones) is 1. The van der Waals surface area contributed by atoms with Gasteiger partial charge >= 0.3 is 11.9 Å². The van der Waals surface area contributed by atoms with Crippen LogP contribution in [-0.4, -0.2) is 41.0 Å². The molecule has 3 aliphatic heterocycles. The number of ether oxygens (including phenoxy) is 2. The molecule has 3 aliphatic rings. The first-order chi connectivity index (χ1) is 20.9. The van der Waals surface area contributed by atoms with E-state index in [4.69, 9.17) is 9.47 Å². The molecule has 0 aromatic heterocycles. The van der Waals surface area contributed by atoms with E-state index >= 15 is 0 Å². The van der Waals surface area contributed by atoms with Crippen LogP contribution >= 0.6 is 0 Å². The molecule has 43 heavy (non-hydrogen) atoms. The Morgan fingerprint density at radius 2 is 1.56 bits per heavy atom. The fourth-order valence-electron chi connectivity index (χ4n) is 7.37. The molecule has 0 radical (unpaired) electrons. The van der Waals surface area contributed by atoms with Gasteiger partial charge in [-0.3, -0.25) is 19.3 Å². The minimum atomic E-state index is -1.82. The number of aliphatic carboxylic acids is 1. The molecule has 0 bridgehead atoms. The van der Waals surface area contributed by atoms with Crippen LogP contribution in [0.15, 0.2) is 103 Å². The van der Waals surface area contributed by atoms with E-state index in [1.807, 2.05) is 65.6 Å². The number of carbonyl (C=O) groups excluding carboxylic acids is 2. The number of nitrogens with zero attached hydrogens (tertiary/aromatic N) is 1. The van der Waals surface area contributed by atoms with Crippen LogP contribution in [0.25, 0.3) is 0 Å². The summed E-state index contributed by atoms with van der Waals surface area (Å²) in [5.74, 6) is -4.36. The molecule has 2 N–H and O–H groups in total. The zero-order valence-corrected chi connectivity index (χ0v) is 23.0. The van der Waals surface area contributed by atoms with Gasteiger partial charge in [-0.2, -0.15) is 0 Å². The lowest BCUT2D eigenvalue weighted by Gasteiger charge is -2.46. The molecule has 1 spiro atoms. The zero-order valence-electron chi connectivity index (χ0n) is 23.0. The smallest absolute Gasteiger partial charge is 0.325 e. The first-order valence-electron chi connectivity index (χ1n) is 13.9. The number of rotatable bonds is 5. The lowest BCUT2D eigenvalue weighted by Crippen LogP contribution is -2.52. The largest absolute Gasteiger partial charge is 0.497 e. The third-order valence-electron chi connectivity index (χ3n) is 8.95. The Morgan fingerprint density at radius 1 is 0.884 bits per heavy atom. The van der Waals surface area contributed by atoms with E-state index in [1.54, 1.807) is 24.3 Å². The highest BCUT2D eigenvalue weighted by atomic mass is 19.1. The molecule has 9 heteroatoms. The highest BCUT2D eigenvalue weighted by molar-refractivity contribution is 6.11. The SMILES string of the molecule is COc1cccc([C@H]2N3[C@H](C(=O)O[C@H](c4ccccc4)[C@@H]3c3ccccc3)[C@@H](C(=O)O)[C@]23C(=O)Nc2cc(F)ccc23)c1. The summed E-state index contributed by atoms with van der Waals surface area (Å²) in [4.78, 5) is 43.7. The summed E-state index contributed by atoms with van der Waals surface area (Å²) < 4.78 is 26.1. The van der Waals surface area contributed by atoms with Crippen LogP contribution in [0.4, 0.5) is 10.1 Å². The summed E-state index contributed by atoms with van der Waals surface area (Å²) in [6.45, 7) is 0. The molecule has 4 aromatic rings. The first-order valence-corrected chi connectivity index (χ1v) is 13.9. The topological polar surface area (TPSA) is 105 Å². The minimum absolute atomic E-state index is 0.174. The van der Waals surface area contributed by atoms with E-state index in [9.17, 15) is 23.9 Å². The van der Waals surface area contributed by atoms with Crippen molar-refractivity contribution < 1.29 is 33.4 Å². The maximum absolute atomic E-state index is 14.5. The predicted octanol–water partition coefficient (Wildman–Crippen LogP) is 5.19. The van der Waals surface area contributed by atoms with Gasteiger partial charge in [-0.1, -0.05) is 78.9 Å². The van der Waals surface area contributed by atoms with Gasteiger partial charge in [0, 0.05) is 5.69 Å². The molecule has 4 aromatic carbocycles. The van der Waals surface area contributed by atoms with Crippen molar-refractivity contribution in [1.29, 1.82) is 0 Å². The fourth-order valence-corrected chi connectivity index (χ4v) is 7.37. The summed E-state index contributed by atoms with van der Waals surface area (Å²) in [5, 5.41) is 13.6. The van der Waals surface area contributed by atoms with Crippen molar-refractivity contribution in [3.05, 3.63) is 131 Å². The number of fused-ring (bicyclic) bond motifs is 3. The summed E-state index contributed by atoms with van der Waals surface area (Å²) in [6, 6.07) is 26.6. The van der Waals surface area contributed by atoms with Gasteiger partial charge in [0.2, 0.25) is 5.91 Å². The number of carboxylic acid groups (broad SMARTS) is 1. The maximum Gasteiger partial charge on any atom is 0.325 e. The number of anilines is 1. The summed E-state index contributed by atoms with van der Waals surface area (Å²) >= 11 is 0. The quantitative estimate of drug-likeness (QED) is 0.314. The van der Waals surface area contributed by atoms with Crippen LogP contribution in [0.1, 0.15) is 40.4 Å². The summed E-state index contributed by atoms with van der Waals surface area (Å²) in [7, 11) is 1.52. The molecule has 6 atom stereocenters. The van der Waals surface area contributed by atoms with E-state index < -0.39 is 59.2 Å². The monoisotopic (exact) mass is 578 g/mol. The summed E-state index contributed by atoms with van der Waals surface area (Å²) in [5.41, 5.74) is 0.739. The molecule has 2 saturated heterocycles. The van der Waals surface area contributed by atoms with Crippen LogP contribution in [-0.2, 0) is 24.5 Å². The molecule has 7 rings (SSSR count). The van der Waals surface area contributed by atoms with Crippen LogP contribution in [0, 0.1) is 11.7 Å². The maximum atomic E-state index is 14.5. The van der Waals surface area contributed by atoms with Crippen molar-refractivity contribution in [3.63, 3.8) is 0 Å². The van der Waals surface area contributed by atoms with E-state index in [0.717, 1.165) is 11.1 Å². The van der Waals surface area contributed by atoms with E-state index in [0.29, 0.717) is 16.9 Å². The molecule has 216 valence electrons. The van der Waals surface area contributed by atoms with Gasteiger partial charge in [0.15, 0.2) is 0 Å². The van der Waals surface area contributed by atoms with Gasteiger partial charge in [-0.05, 0) is 46.5 Å². The van der Waals surface area contributed by atoms with Crippen molar-refractivity contribution >= 4 is 23.5 Å². The predicted molar refractivity (Wildman–Crippen MR) is 154 cm³/mol. The Hall–Kier alpha value is -5.02. The van der Waals surface area contributed by atoms with Crippen molar-refractivity contribution in [3.8, 4) is 5.75 Å². The number of methoxy groups -OCH3 is 1. The molecule has 2 fully saturated rings. The number of hydrogen-bond acceptors (Lipinski definition) is 6. The van der Waals surface area contributed by atoms with Crippen molar-refractivity contribution in [2.24, 2.45) is 5.92 Å². The number of nitrogens with one attached hydrogen (secondary N) is 1. The minimum Gasteiger partial charge on any atom is -0.497 e. The number of morpholine rings is 1. The Balaban J connectivity index is 1.57. The van der Waals surface area contributed by atoms with Crippen molar-refractivity contribution in [2.75, 3.05) is 12.4 Å². The van der Waals surface area contributed by atoms with Gasteiger partial charge in [0.1, 0.15) is 35.0 Å². The number of halogens is 1. The molecule has 8 nitrogen and oxygen atoms in total. The van der Waals surface area contributed by atoms with Crippen molar-refractivity contribution in [1.82, 2.24) is 4.90 Å². The molecule has 3 heterocycles. The average molecular weight is 579 g/mol. The van der Waals surface area contributed by atoms with Gasteiger partial charge in [-0.25, -0.2) is 4.39 Å². The highest BCUT2D eigenvalue weighted by Crippen LogP contribution is 2.64. The Labute approximate surface area is 246 Å². The van der Waals surface area contributed by atoms with Gasteiger partial charge < -0.3 is 19.9 Å².